The van der Waals surface area contributed by atoms with E-state index in [0.29, 0.717) is 0 Å². The lowest BCUT2D eigenvalue weighted by Gasteiger charge is -2.25. The van der Waals surface area contributed by atoms with Gasteiger partial charge in [-0.05, 0) is 52.9 Å². The van der Waals surface area contributed by atoms with Gasteiger partial charge in [0.1, 0.15) is 0 Å². The van der Waals surface area contributed by atoms with Crippen LogP contribution in [0.2, 0.25) is 0 Å². The monoisotopic (exact) mass is 345 g/mol. The van der Waals surface area contributed by atoms with Crippen LogP contribution in [-0.2, 0) is 5.33 Å². The third kappa shape index (κ3) is 2.80. The molecule has 1 nitrogen and oxygen atoms in total. The maximum Gasteiger partial charge on any atom is 0.0513 e. The molecule has 0 aromatic heterocycles. The zero-order valence-corrected chi connectivity index (χ0v) is 12.7. The first-order chi connectivity index (χ1) is 7.76. The van der Waals surface area contributed by atoms with Gasteiger partial charge in [-0.1, -0.05) is 28.9 Å². The van der Waals surface area contributed by atoms with E-state index >= 15 is 0 Å². The number of benzene rings is 1. The highest BCUT2D eigenvalue weighted by molar-refractivity contribution is 9.10. The van der Waals surface area contributed by atoms with E-state index in [4.69, 9.17) is 0 Å². The number of nitrogens with zero attached hydrogens (tertiary/aromatic N) is 1. The summed E-state index contributed by atoms with van der Waals surface area (Å²) < 4.78 is 1.23. The minimum atomic E-state index is 0.783. The van der Waals surface area contributed by atoms with E-state index in [0.717, 1.165) is 17.9 Å². The minimum Gasteiger partial charge on any atom is -0.368 e. The number of halogens is 2. The second-order valence-electron chi connectivity index (χ2n) is 4.34. The Balaban J connectivity index is 2.22. The maximum absolute atomic E-state index is 3.69. The van der Waals surface area contributed by atoms with Crippen molar-refractivity contribution in [2.75, 3.05) is 11.4 Å². The molecule has 1 aliphatic carbocycles. The highest BCUT2D eigenvalue weighted by Gasteiger charge is 2.29. The SMILES string of the molecule is CCCN(c1ccc(CBr)cc1Br)C1CC1. The van der Waals surface area contributed by atoms with Crippen LogP contribution in [0, 0.1) is 0 Å². The molecule has 0 saturated heterocycles. The zero-order valence-electron chi connectivity index (χ0n) is 9.55. The summed E-state index contributed by atoms with van der Waals surface area (Å²) in [6.07, 6.45) is 3.92. The lowest BCUT2D eigenvalue weighted by atomic mass is 10.2. The molecule has 0 atom stereocenters. The smallest absolute Gasteiger partial charge is 0.0513 e. The van der Waals surface area contributed by atoms with E-state index in [1.54, 1.807) is 0 Å². The molecule has 0 radical (unpaired) electrons. The average molecular weight is 347 g/mol. The van der Waals surface area contributed by atoms with E-state index in [2.05, 4.69) is 61.9 Å². The highest BCUT2D eigenvalue weighted by atomic mass is 79.9. The fourth-order valence-corrected chi connectivity index (χ4v) is 3.00. The zero-order chi connectivity index (χ0) is 11.5. The first-order valence-electron chi connectivity index (χ1n) is 5.87. The first kappa shape index (κ1) is 12.4. The average Bonchev–Trinajstić information content (AvgIpc) is 3.10. The predicted molar refractivity (Wildman–Crippen MR) is 77.4 cm³/mol. The van der Waals surface area contributed by atoms with Crippen LogP contribution in [0.3, 0.4) is 0 Å². The van der Waals surface area contributed by atoms with Crippen LogP contribution in [0.15, 0.2) is 22.7 Å². The van der Waals surface area contributed by atoms with Crippen LogP contribution >= 0.6 is 31.9 Å². The molecule has 0 unspecified atom stereocenters. The fourth-order valence-electron chi connectivity index (χ4n) is 1.99. The van der Waals surface area contributed by atoms with Gasteiger partial charge in [0.15, 0.2) is 0 Å². The molecular weight excluding hydrogens is 330 g/mol. The summed E-state index contributed by atoms with van der Waals surface area (Å²) in [5.74, 6) is 0. The van der Waals surface area contributed by atoms with Crippen LogP contribution in [0.4, 0.5) is 5.69 Å². The van der Waals surface area contributed by atoms with Crippen LogP contribution in [0.25, 0.3) is 0 Å². The quantitative estimate of drug-likeness (QED) is 0.697. The molecule has 0 amide bonds. The summed E-state index contributed by atoms with van der Waals surface area (Å²) >= 11 is 7.18. The van der Waals surface area contributed by atoms with Crippen LogP contribution in [-0.4, -0.2) is 12.6 Å². The van der Waals surface area contributed by atoms with E-state index in [9.17, 15) is 0 Å². The third-order valence-corrected chi connectivity index (χ3v) is 4.21. The molecule has 3 heteroatoms. The Labute approximate surface area is 114 Å². The normalized spacial score (nSPS) is 15.2. The van der Waals surface area contributed by atoms with Crippen molar-refractivity contribution < 1.29 is 0 Å². The lowest BCUT2D eigenvalue weighted by Crippen LogP contribution is -2.26. The minimum absolute atomic E-state index is 0.783. The van der Waals surface area contributed by atoms with Crippen molar-refractivity contribution in [1.82, 2.24) is 0 Å². The highest BCUT2D eigenvalue weighted by Crippen LogP contribution is 2.36. The number of rotatable bonds is 5. The molecule has 1 aromatic rings. The molecule has 2 rings (SSSR count). The van der Waals surface area contributed by atoms with Crippen molar-refractivity contribution in [3.05, 3.63) is 28.2 Å². The Morgan fingerprint density at radius 2 is 2.12 bits per heavy atom. The molecule has 16 heavy (non-hydrogen) atoms. The molecular formula is C13H17Br2N. The summed E-state index contributed by atoms with van der Waals surface area (Å²) in [5.41, 5.74) is 2.68. The second kappa shape index (κ2) is 5.54. The topological polar surface area (TPSA) is 3.24 Å². The van der Waals surface area contributed by atoms with Gasteiger partial charge in [-0.25, -0.2) is 0 Å². The number of anilines is 1. The van der Waals surface area contributed by atoms with Crippen LogP contribution in [0.1, 0.15) is 31.7 Å². The molecule has 88 valence electrons. The van der Waals surface area contributed by atoms with Crippen molar-refractivity contribution in [2.45, 2.75) is 37.6 Å². The Morgan fingerprint density at radius 1 is 1.38 bits per heavy atom. The Morgan fingerprint density at radius 3 is 2.62 bits per heavy atom. The van der Waals surface area contributed by atoms with Crippen molar-refractivity contribution in [1.29, 1.82) is 0 Å². The van der Waals surface area contributed by atoms with Gasteiger partial charge in [-0.3, -0.25) is 0 Å². The molecule has 1 aromatic carbocycles. The molecule has 0 spiro atoms. The largest absolute Gasteiger partial charge is 0.368 e. The third-order valence-electron chi connectivity index (χ3n) is 2.93. The lowest BCUT2D eigenvalue weighted by molar-refractivity contribution is 0.761. The molecule has 0 N–H and O–H groups in total. The van der Waals surface area contributed by atoms with E-state index in [-0.39, 0.29) is 0 Å². The molecule has 0 bridgehead atoms. The van der Waals surface area contributed by atoms with Crippen molar-refractivity contribution in [3.63, 3.8) is 0 Å². The van der Waals surface area contributed by atoms with Gasteiger partial charge in [0.2, 0.25) is 0 Å². The number of hydrogen-bond donors (Lipinski definition) is 0. The van der Waals surface area contributed by atoms with Crippen molar-refractivity contribution >= 4 is 37.5 Å². The summed E-state index contributed by atoms with van der Waals surface area (Å²) in [7, 11) is 0. The predicted octanol–water partition coefficient (Wildman–Crippen LogP) is 4.72. The summed E-state index contributed by atoms with van der Waals surface area (Å²) in [4.78, 5) is 2.54. The maximum atomic E-state index is 3.69. The molecule has 1 fully saturated rings. The van der Waals surface area contributed by atoms with Crippen molar-refractivity contribution in [2.24, 2.45) is 0 Å². The van der Waals surface area contributed by atoms with Crippen LogP contribution in [0.5, 0.6) is 0 Å². The Kier molecular flexibility index (Phi) is 4.31. The first-order valence-corrected chi connectivity index (χ1v) is 7.78. The van der Waals surface area contributed by atoms with E-state index in [1.807, 2.05) is 0 Å². The van der Waals surface area contributed by atoms with Crippen LogP contribution < -0.4 is 4.90 Å². The molecule has 1 saturated carbocycles. The summed E-state index contributed by atoms with van der Waals surface area (Å²) in [6.45, 7) is 3.41. The number of alkyl halides is 1. The van der Waals surface area contributed by atoms with Gasteiger partial charge < -0.3 is 4.90 Å². The van der Waals surface area contributed by atoms with Gasteiger partial charge in [-0.2, -0.15) is 0 Å². The fraction of sp³-hybridized carbons (Fsp3) is 0.538. The molecule has 0 heterocycles. The van der Waals surface area contributed by atoms with E-state index < -0.39 is 0 Å². The van der Waals surface area contributed by atoms with Crippen molar-refractivity contribution in [3.8, 4) is 0 Å². The van der Waals surface area contributed by atoms with Gasteiger partial charge in [0, 0.05) is 22.4 Å². The molecule has 1 aliphatic rings. The van der Waals surface area contributed by atoms with Gasteiger partial charge >= 0.3 is 0 Å². The summed E-state index contributed by atoms with van der Waals surface area (Å²) in [6, 6.07) is 7.45. The van der Waals surface area contributed by atoms with Gasteiger partial charge in [-0.15, -0.1) is 0 Å². The van der Waals surface area contributed by atoms with E-state index in [1.165, 1.54) is 35.0 Å². The molecule has 0 aliphatic heterocycles. The Hall–Kier alpha value is -0.0200. The Bertz CT molecular complexity index is 361. The van der Waals surface area contributed by atoms with Gasteiger partial charge in [0.25, 0.3) is 0 Å². The summed E-state index contributed by atoms with van der Waals surface area (Å²) in [5, 5.41) is 0.920. The number of hydrogen-bond acceptors (Lipinski definition) is 1. The second-order valence-corrected chi connectivity index (χ2v) is 5.76. The standard InChI is InChI=1S/C13H17Br2N/c1-2-7-16(11-4-5-11)13-6-3-10(9-14)8-12(13)15/h3,6,8,11H,2,4-5,7,9H2,1H3. The van der Waals surface area contributed by atoms with Gasteiger partial charge in [0.05, 0.1) is 5.69 Å².